The molecule has 1 heterocycles. The Labute approximate surface area is 138 Å². The van der Waals surface area contributed by atoms with E-state index in [2.05, 4.69) is 0 Å². The summed E-state index contributed by atoms with van der Waals surface area (Å²) in [5, 5.41) is 0. The third kappa shape index (κ3) is 2.55. The number of anilines is 2. The van der Waals surface area contributed by atoms with Crippen molar-refractivity contribution in [1.82, 2.24) is 0 Å². The molecule has 0 saturated carbocycles. The van der Waals surface area contributed by atoms with Crippen LogP contribution in [0.4, 0.5) is 24.5 Å². The van der Waals surface area contributed by atoms with Gasteiger partial charge in [0.05, 0.1) is 17.9 Å². The van der Waals surface area contributed by atoms with Gasteiger partial charge in [-0.3, -0.25) is 4.79 Å². The predicted molar refractivity (Wildman–Crippen MR) is 85.3 cm³/mol. The van der Waals surface area contributed by atoms with Crippen LogP contribution in [0, 0.1) is 24.4 Å². The first-order valence-corrected chi connectivity index (χ1v) is 7.30. The zero-order chi connectivity index (χ0) is 17.6. The molecule has 128 valence electrons. The quantitative estimate of drug-likeness (QED) is 0.852. The van der Waals surface area contributed by atoms with E-state index in [9.17, 15) is 18.0 Å². The van der Waals surface area contributed by atoms with E-state index in [0.29, 0.717) is 5.56 Å². The van der Waals surface area contributed by atoms with Crippen LogP contribution in [0.25, 0.3) is 0 Å². The molecule has 0 aromatic heterocycles. The lowest BCUT2D eigenvalue weighted by Crippen LogP contribution is -2.44. The molecule has 0 aliphatic carbocycles. The number of ether oxygens (including phenoxy) is 1. The molecule has 0 bridgehead atoms. The Morgan fingerprint density at radius 1 is 1.29 bits per heavy atom. The number of carbonyl (C=O) groups is 1. The van der Waals surface area contributed by atoms with Gasteiger partial charge in [0, 0.05) is 13.1 Å². The molecule has 1 amide bonds. The van der Waals surface area contributed by atoms with Crippen molar-refractivity contribution in [3.8, 4) is 5.75 Å². The summed E-state index contributed by atoms with van der Waals surface area (Å²) in [6.45, 7) is 2.89. The number of nitrogen functional groups attached to an aromatic ring is 1. The number of nitrogens with zero attached hydrogens (tertiary/aromatic N) is 1. The lowest BCUT2D eigenvalue weighted by Gasteiger charge is -2.34. The summed E-state index contributed by atoms with van der Waals surface area (Å²) in [5.74, 6) is -2.85. The highest BCUT2D eigenvalue weighted by Crippen LogP contribution is 2.41. The van der Waals surface area contributed by atoms with Crippen molar-refractivity contribution < 1.29 is 24.1 Å². The van der Waals surface area contributed by atoms with Gasteiger partial charge in [0.25, 0.3) is 5.91 Å². The number of fused-ring (bicyclic) bond motifs is 1. The van der Waals surface area contributed by atoms with Gasteiger partial charge in [-0.25, -0.2) is 13.2 Å². The number of benzene rings is 2. The Hall–Kier alpha value is -2.70. The Morgan fingerprint density at radius 3 is 2.67 bits per heavy atom. The van der Waals surface area contributed by atoms with Crippen molar-refractivity contribution in [3.05, 3.63) is 52.8 Å². The first-order chi connectivity index (χ1) is 11.3. The lowest BCUT2D eigenvalue weighted by atomic mass is 10.1. The van der Waals surface area contributed by atoms with Crippen LogP contribution in [-0.2, 0) is 11.3 Å². The van der Waals surface area contributed by atoms with Crippen LogP contribution in [0.3, 0.4) is 0 Å². The van der Waals surface area contributed by atoms with Crippen molar-refractivity contribution >= 4 is 17.3 Å². The minimum Gasteiger partial charge on any atom is -0.476 e. The molecule has 24 heavy (non-hydrogen) atoms. The Kier molecular flexibility index (Phi) is 3.87. The molecule has 0 saturated heterocycles. The van der Waals surface area contributed by atoms with Gasteiger partial charge in [0.2, 0.25) is 0 Å². The Bertz CT molecular complexity index is 845. The highest BCUT2D eigenvalue weighted by molar-refractivity contribution is 6.00. The molecule has 1 aliphatic rings. The number of aryl methyl sites for hydroxylation is 1. The lowest BCUT2D eigenvalue weighted by molar-refractivity contribution is -0.125. The summed E-state index contributed by atoms with van der Waals surface area (Å²) in [7, 11) is 0. The second kappa shape index (κ2) is 5.74. The van der Waals surface area contributed by atoms with Crippen LogP contribution in [0.5, 0.6) is 5.75 Å². The molecule has 2 aromatic carbocycles. The number of hydrogen-bond acceptors (Lipinski definition) is 3. The number of halogens is 3. The third-order valence-electron chi connectivity index (χ3n) is 3.99. The van der Waals surface area contributed by atoms with Crippen molar-refractivity contribution in [2.24, 2.45) is 0 Å². The second-order valence-corrected chi connectivity index (χ2v) is 5.69. The van der Waals surface area contributed by atoms with Gasteiger partial charge >= 0.3 is 0 Å². The molecule has 0 fully saturated rings. The minimum atomic E-state index is -0.947. The van der Waals surface area contributed by atoms with Gasteiger partial charge in [0.1, 0.15) is 11.6 Å². The molecule has 0 spiro atoms. The van der Waals surface area contributed by atoms with E-state index >= 15 is 0 Å². The molecule has 3 rings (SSSR count). The molecule has 7 heteroatoms. The van der Waals surface area contributed by atoms with E-state index in [-0.39, 0.29) is 30.7 Å². The number of amides is 1. The maximum atomic E-state index is 14.4. The summed E-state index contributed by atoms with van der Waals surface area (Å²) in [4.78, 5) is 13.6. The number of rotatable bonds is 2. The average Bonchev–Trinajstić information content (AvgIpc) is 2.53. The summed E-state index contributed by atoms with van der Waals surface area (Å²) in [5.41, 5.74) is 6.31. The maximum absolute atomic E-state index is 14.4. The average molecular weight is 338 g/mol. The minimum absolute atomic E-state index is 0. The zero-order valence-electron chi connectivity index (χ0n) is 13.1. The molecule has 0 radical (unpaired) electrons. The van der Waals surface area contributed by atoms with E-state index in [1.807, 2.05) is 0 Å². The van der Waals surface area contributed by atoms with Gasteiger partial charge in [-0.1, -0.05) is 6.07 Å². The van der Waals surface area contributed by atoms with Crippen LogP contribution in [0.2, 0.25) is 0 Å². The second-order valence-electron chi connectivity index (χ2n) is 5.69. The van der Waals surface area contributed by atoms with Crippen molar-refractivity contribution in [3.63, 3.8) is 0 Å². The van der Waals surface area contributed by atoms with Gasteiger partial charge in [-0.2, -0.15) is 0 Å². The number of hydrogen-bond donors (Lipinski definition) is 1. The van der Waals surface area contributed by atoms with Crippen LogP contribution in [0.15, 0.2) is 24.3 Å². The summed E-state index contributed by atoms with van der Waals surface area (Å²) in [6, 6.07) is 4.60. The summed E-state index contributed by atoms with van der Waals surface area (Å²) in [6.07, 6.45) is -0.947. The molecular formula is C17H17F3N2O2. The fourth-order valence-corrected chi connectivity index (χ4v) is 2.62. The molecule has 2 N–H and O–H groups in total. The molecule has 2 aromatic rings. The van der Waals surface area contributed by atoms with Gasteiger partial charge in [0.15, 0.2) is 17.7 Å². The van der Waals surface area contributed by atoms with E-state index in [0.717, 1.165) is 12.1 Å². The van der Waals surface area contributed by atoms with Crippen molar-refractivity contribution in [1.29, 1.82) is 0 Å². The SMILES string of the molecule is Cc1cc2c(c(F)c1N)OC(C)C(=O)N2Cc1ccc(F)cc1F.[HH]. The van der Waals surface area contributed by atoms with Crippen LogP contribution in [-0.4, -0.2) is 12.0 Å². The van der Waals surface area contributed by atoms with E-state index in [1.54, 1.807) is 6.92 Å². The van der Waals surface area contributed by atoms with Gasteiger partial charge in [-0.15, -0.1) is 0 Å². The Balaban J connectivity index is 0.00000225. The molecular weight excluding hydrogens is 321 g/mol. The predicted octanol–water partition coefficient (Wildman–Crippen LogP) is 3.55. The van der Waals surface area contributed by atoms with E-state index < -0.39 is 29.5 Å². The largest absolute Gasteiger partial charge is 0.476 e. The topological polar surface area (TPSA) is 55.6 Å². The summed E-state index contributed by atoms with van der Waals surface area (Å²) >= 11 is 0. The smallest absolute Gasteiger partial charge is 0.268 e. The monoisotopic (exact) mass is 338 g/mol. The fourth-order valence-electron chi connectivity index (χ4n) is 2.62. The fraction of sp³-hybridized carbons (Fsp3) is 0.235. The van der Waals surface area contributed by atoms with Crippen LogP contribution >= 0.6 is 0 Å². The molecule has 1 aliphatic heterocycles. The summed E-state index contributed by atoms with van der Waals surface area (Å²) < 4.78 is 46.7. The molecule has 4 nitrogen and oxygen atoms in total. The maximum Gasteiger partial charge on any atom is 0.268 e. The first kappa shape index (κ1) is 16.2. The van der Waals surface area contributed by atoms with E-state index in [1.165, 1.54) is 24.0 Å². The highest BCUT2D eigenvalue weighted by atomic mass is 19.1. The highest BCUT2D eigenvalue weighted by Gasteiger charge is 2.35. The number of nitrogens with two attached hydrogens (primary N) is 1. The molecule has 1 atom stereocenters. The van der Waals surface area contributed by atoms with Gasteiger partial charge < -0.3 is 15.4 Å². The first-order valence-electron chi connectivity index (χ1n) is 7.30. The zero-order valence-corrected chi connectivity index (χ0v) is 13.1. The molecule has 1 unspecified atom stereocenters. The standard InChI is InChI=1S/C17H15F3N2O2.H2/c1-8-5-13-16(14(20)15(8)21)24-9(2)17(23)22(13)7-10-3-4-11(18)6-12(10)19;/h3-6,9H,7,21H2,1-2H3;1H. The van der Waals surface area contributed by atoms with Crippen molar-refractivity contribution in [2.45, 2.75) is 26.5 Å². The third-order valence-corrected chi connectivity index (χ3v) is 3.99. The normalized spacial score (nSPS) is 16.8. The van der Waals surface area contributed by atoms with Crippen molar-refractivity contribution in [2.75, 3.05) is 10.6 Å². The Morgan fingerprint density at radius 2 is 2.00 bits per heavy atom. The van der Waals surface area contributed by atoms with E-state index in [4.69, 9.17) is 10.5 Å². The van der Waals surface area contributed by atoms with Crippen LogP contribution in [0.1, 0.15) is 19.5 Å². The number of carbonyl (C=O) groups excluding carboxylic acids is 1. The van der Waals surface area contributed by atoms with Crippen LogP contribution < -0.4 is 15.4 Å². The van der Waals surface area contributed by atoms with Gasteiger partial charge in [-0.05, 0) is 31.5 Å².